The summed E-state index contributed by atoms with van der Waals surface area (Å²) in [6.07, 6.45) is 4.97. The van der Waals surface area contributed by atoms with Crippen LogP contribution in [0.25, 0.3) is 11.1 Å². The van der Waals surface area contributed by atoms with Crippen LogP contribution in [-0.2, 0) is 37.0 Å². The maximum atomic E-state index is 13.3. The van der Waals surface area contributed by atoms with E-state index in [1.165, 1.54) is 0 Å². The van der Waals surface area contributed by atoms with Crippen LogP contribution in [0.1, 0.15) is 92.4 Å². The molecule has 4 aromatic carbocycles. The molecule has 0 aromatic heterocycles. The predicted octanol–water partition coefficient (Wildman–Crippen LogP) is 6.28. The molecule has 5 N–H and O–H groups in total. The molecule has 0 unspecified atom stereocenters. The number of likely N-dealkylation sites (tertiary alicyclic amines) is 1. The van der Waals surface area contributed by atoms with Crippen LogP contribution in [0.4, 0.5) is 5.69 Å². The molecule has 1 spiro atoms. The third-order valence-corrected chi connectivity index (χ3v) is 11.8. The van der Waals surface area contributed by atoms with Gasteiger partial charge < -0.3 is 35.0 Å². The second-order valence-corrected chi connectivity index (χ2v) is 15.7. The van der Waals surface area contributed by atoms with E-state index < -0.39 is 11.8 Å². The Morgan fingerprint density at radius 2 is 1.48 bits per heavy atom. The summed E-state index contributed by atoms with van der Waals surface area (Å²) in [6.45, 7) is 3.18. The standard InChI is InChI=1S/C46H55N5O7/c52-31-33-18-20-35(21-19-33)41-28-40(30-50-24-22-46(23-25-50)45(55)48-32-51(46)39-14-4-3-5-15-39)57-44(58-41)38-13-9-12-37(27-38)36-11-8-10-34(26-36)29-47-42(53)16-6-1-2-7-17-43(54)49-56/h3-5,8-15,18-21,26-27,40-41,44,52,56H,1-2,6-7,16-17,22-25,28-32H2,(H,47,53)(H,48,55)(H,49,54)/t40-,41+,44+/m1/s1. The average Bonchev–Trinajstić information content (AvgIpc) is 3.59. The average molecular weight is 790 g/mol. The highest BCUT2D eigenvalue weighted by Gasteiger charge is 2.50. The first-order valence-corrected chi connectivity index (χ1v) is 20.6. The van der Waals surface area contributed by atoms with E-state index in [1.54, 1.807) is 5.48 Å². The molecule has 3 saturated heterocycles. The fourth-order valence-corrected chi connectivity index (χ4v) is 8.45. The van der Waals surface area contributed by atoms with E-state index in [1.807, 2.05) is 66.7 Å². The van der Waals surface area contributed by atoms with Gasteiger partial charge in [-0.1, -0.05) is 91.7 Å². The number of para-hydroxylation sites is 1. The van der Waals surface area contributed by atoms with Crippen LogP contribution in [-0.4, -0.2) is 70.9 Å². The van der Waals surface area contributed by atoms with E-state index in [4.69, 9.17) is 14.7 Å². The number of anilines is 1. The molecular weight excluding hydrogens is 735 g/mol. The first kappa shape index (κ1) is 41.1. The van der Waals surface area contributed by atoms with Crippen LogP contribution in [0, 0.1) is 0 Å². The molecule has 306 valence electrons. The Labute approximate surface area is 340 Å². The Morgan fingerprint density at radius 3 is 2.21 bits per heavy atom. The molecule has 3 heterocycles. The van der Waals surface area contributed by atoms with Crippen LogP contribution in [0.2, 0.25) is 0 Å². The molecule has 0 radical (unpaired) electrons. The number of ether oxygens (including phenoxy) is 2. The zero-order valence-corrected chi connectivity index (χ0v) is 33.0. The lowest BCUT2D eigenvalue weighted by molar-refractivity contribution is -0.253. The lowest BCUT2D eigenvalue weighted by Gasteiger charge is -2.45. The quantitative estimate of drug-likeness (QED) is 0.0502. The smallest absolute Gasteiger partial charge is 0.247 e. The minimum atomic E-state index is -0.610. The van der Waals surface area contributed by atoms with Crippen LogP contribution >= 0.6 is 0 Å². The summed E-state index contributed by atoms with van der Waals surface area (Å²) in [5.74, 6) is -0.292. The van der Waals surface area contributed by atoms with E-state index in [0.29, 0.717) is 39.0 Å². The monoisotopic (exact) mass is 789 g/mol. The van der Waals surface area contributed by atoms with Gasteiger partial charge in [-0.3, -0.25) is 19.6 Å². The summed E-state index contributed by atoms with van der Waals surface area (Å²) in [5, 5.41) is 24.4. The first-order valence-electron chi connectivity index (χ1n) is 20.6. The predicted molar refractivity (Wildman–Crippen MR) is 220 cm³/mol. The molecule has 58 heavy (non-hydrogen) atoms. The molecule has 4 aromatic rings. The number of aliphatic hydroxyl groups is 1. The number of carbonyl (C=O) groups excluding carboxylic acids is 3. The highest BCUT2D eigenvalue weighted by Crippen LogP contribution is 2.41. The van der Waals surface area contributed by atoms with E-state index in [-0.39, 0.29) is 43.0 Å². The fraction of sp³-hybridized carbons (Fsp3) is 0.413. The zero-order valence-electron chi connectivity index (χ0n) is 33.0. The van der Waals surface area contributed by atoms with Crippen molar-refractivity contribution in [1.29, 1.82) is 0 Å². The summed E-state index contributed by atoms with van der Waals surface area (Å²) in [6, 6.07) is 34.5. The summed E-state index contributed by atoms with van der Waals surface area (Å²) >= 11 is 0. The van der Waals surface area contributed by atoms with Crippen LogP contribution in [0.15, 0.2) is 103 Å². The number of nitrogens with zero attached hydrogens (tertiary/aromatic N) is 2. The van der Waals surface area contributed by atoms with Crippen LogP contribution in [0.5, 0.6) is 0 Å². The van der Waals surface area contributed by atoms with Gasteiger partial charge in [0.05, 0.1) is 25.5 Å². The van der Waals surface area contributed by atoms with Crippen molar-refractivity contribution >= 4 is 23.4 Å². The molecule has 0 saturated carbocycles. The maximum absolute atomic E-state index is 13.3. The van der Waals surface area contributed by atoms with Crippen molar-refractivity contribution in [2.75, 3.05) is 31.2 Å². The van der Waals surface area contributed by atoms with Gasteiger partial charge in [0.25, 0.3) is 0 Å². The Bertz CT molecular complexity index is 1990. The van der Waals surface area contributed by atoms with E-state index in [2.05, 4.69) is 56.8 Å². The number of hydrogen-bond acceptors (Lipinski definition) is 9. The summed E-state index contributed by atoms with van der Waals surface area (Å²) in [5.41, 5.74) is 7.97. The van der Waals surface area contributed by atoms with Gasteiger partial charge in [-0.25, -0.2) is 5.48 Å². The number of nitrogens with one attached hydrogen (secondary N) is 3. The van der Waals surface area contributed by atoms with Gasteiger partial charge in [-0.15, -0.1) is 0 Å². The first-order chi connectivity index (χ1) is 28.3. The van der Waals surface area contributed by atoms with Gasteiger partial charge in [-0.05, 0) is 77.8 Å². The fourth-order valence-electron chi connectivity index (χ4n) is 8.45. The molecule has 3 aliphatic rings. The summed E-state index contributed by atoms with van der Waals surface area (Å²) in [7, 11) is 0. The topological polar surface area (TPSA) is 153 Å². The molecular formula is C46H55N5O7. The molecule has 0 bridgehead atoms. The molecule has 7 rings (SSSR count). The number of carbonyl (C=O) groups is 3. The third-order valence-electron chi connectivity index (χ3n) is 11.8. The Kier molecular flexibility index (Phi) is 13.8. The minimum absolute atomic E-state index is 0.00976. The zero-order chi connectivity index (χ0) is 40.3. The highest BCUT2D eigenvalue weighted by atomic mass is 16.7. The Morgan fingerprint density at radius 1 is 0.776 bits per heavy atom. The van der Waals surface area contributed by atoms with Crippen LogP contribution in [0.3, 0.4) is 0 Å². The summed E-state index contributed by atoms with van der Waals surface area (Å²) in [4.78, 5) is 41.7. The number of benzene rings is 4. The van der Waals surface area contributed by atoms with Crippen molar-refractivity contribution in [1.82, 2.24) is 21.0 Å². The Hall–Kier alpha value is -5.11. The number of hydrogen-bond donors (Lipinski definition) is 5. The number of piperidine rings is 1. The Balaban J connectivity index is 0.997. The van der Waals surface area contributed by atoms with Crippen LogP contribution < -0.4 is 21.0 Å². The van der Waals surface area contributed by atoms with Crippen molar-refractivity contribution < 1.29 is 34.2 Å². The summed E-state index contributed by atoms with van der Waals surface area (Å²) < 4.78 is 13.5. The van der Waals surface area contributed by atoms with E-state index in [0.717, 1.165) is 84.3 Å². The van der Waals surface area contributed by atoms with Crippen molar-refractivity contribution in [3.8, 4) is 11.1 Å². The van der Waals surface area contributed by atoms with Crippen molar-refractivity contribution in [3.63, 3.8) is 0 Å². The molecule has 3 aliphatic heterocycles. The number of unbranched alkanes of at least 4 members (excludes halogenated alkanes) is 3. The number of hydroxylamine groups is 1. The molecule has 3 amide bonds. The minimum Gasteiger partial charge on any atom is -0.392 e. The van der Waals surface area contributed by atoms with Crippen molar-refractivity contribution in [2.24, 2.45) is 0 Å². The SMILES string of the molecule is O=C(CCCCCCC(=O)NCc1cccc(-c2cccc([C@H]3O[C@@H](CN4CCC5(CC4)C(=O)NCN5c4ccccc4)C[C@@H](c4ccc(CO)cc4)O3)c2)c1)NO. The van der Waals surface area contributed by atoms with Gasteiger partial charge in [0.15, 0.2) is 6.29 Å². The van der Waals surface area contributed by atoms with E-state index in [9.17, 15) is 19.5 Å². The molecule has 3 fully saturated rings. The van der Waals surface area contributed by atoms with E-state index >= 15 is 0 Å². The number of amides is 3. The normalized spacial score (nSPS) is 20.5. The maximum Gasteiger partial charge on any atom is 0.247 e. The molecule has 0 aliphatic carbocycles. The van der Waals surface area contributed by atoms with Gasteiger partial charge in [0, 0.05) is 56.7 Å². The second-order valence-electron chi connectivity index (χ2n) is 15.7. The van der Waals surface area contributed by atoms with Crippen molar-refractivity contribution in [2.45, 2.75) is 95.0 Å². The van der Waals surface area contributed by atoms with Gasteiger partial charge in [0.1, 0.15) is 5.54 Å². The molecule has 12 heteroatoms. The van der Waals surface area contributed by atoms with Crippen molar-refractivity contribution in [3.05, 3.63) is 125 Å². The van der Waals surface area contributed by atoms with Gasteiger partial charge in [-0.2, -0.15) is 0 Å². The van der Waals surface area contributed by atoms with Gasteiger partial charge in [0.2, 0.25) is 17.7 Å². The molecule has 3 atom stereocenters. The lowest BCUT2D eigenvalue weighted by atomic mass is 9.85. The highest BCUT2D eigenvalue weighted by molar-refractivity contribution is 5.93. The third kappa shape index (κ3) is 10.1. The molecule has 12 nitrogen and oxygen atoms in total. The number of rotatable bonds is 16. The number of aliphatic hydroxyl groups excluding tert-OH is 1. The lowest BCUT2D eigenvalue weighted by Crippen LogP contribution is -2.57. The second kappa shape index (κ2) is 19.6. The largest absolute Gasteiger partial charge is 0.392 e. The van der Waals surface area contributed by atoms with Gasteiger partial charge >= 0.3 is 0 Å².